The van der Waals surface area contributed by atoms with E-state index in [9.17, 15) is 4.79 Å². The van der Waals surface area contributed by atoms with Crippen molar-refractivity contribution in [3.63, 3.8) is 0 Å². The third-order valence-corrected chi connectivity index (χ3v) is 2.39. The minimum atomic E-state index is -1.09. The summed E-state index contributed by atoms with van der Waals surface area (Å²) in [5.74, 6) is -0.660. The molecule has 0 amide bonds. The third kappa shape index (κ3) is 2.54. The van der Waals surface area contributed by atoms with Crippen molar-refractivity contribution in [2.45, 2.75) is 6.54 Å². The second kappa shape index (κ2) is 4.84. The van der Waals surface area contributed by atoms with Gasteiger partial charge in [-0.25, -0.2) is 4.79 Å². The molecule has 1 aromatic carbocycles. The number of hydrogen-bond donors (Lipinski definition) is 2. The summed E-state index contributed by atoms with van der Waals surface area (Å²) >= 11 is 5.81. The lowest BCUT2D eigenvalue weighted by atomic mass is 10.2. The first-order chi connectivity index (χ1) is 8.18. The maximum Gasteiger partial charge on any atom is 0.339 e. The van der Waals surface area contributed by atoms with Crippen LogP contribution >= 0.6 is 11.6 Å². The summed E-state index contributed by atoms with van der Waals surface area (Å²) in [6.07, 6.45) is 1.20. The number of nitrogens with one attached hydrogen (secondary N) is 1. The molecule has 1 heterocycles. The minimum Gasteiger partial charge on any atom is -0.478 e. The molecule has 0 saturated carbocycles. The summed E-state index contributed by atoms with van der Waals surface area (Å²) < 4.78 is 4.56. The number of carbonyl (C=O) groups is 1. The number of aromatic nitrogens is 2. The van der Waals surface area contributed by atoms with E-state index in [1.165, 1.54) is 12.5 Å². The molecule has 2 aromatic rings. The Bertz CT molecular complexity index is 528. The fraction of sp³-hybridized carbons (Fsp3) is 0.100. The van der Waals surface area contributed by atoms with E-state index in [1.54, 1.807) is 12.1 Å². The van der Waals surface area contributed by atoms with Gasteiger partial charge >= 0.3 is 5.97 Å². The molecular weight excluding hydrogens is 246 g/mol. The fourth-order valence-corrected chi connectivity index (χ4v) is 1.59. The van der Waals surface area contributed by atoms with Gasteiger partial charge in [-0.2, -0.15) is 4.98 Å². The van der Waals surface area contributed by atoms with E-state index in [2.05, 4.69) is 20.0 Å². The van der Waals surface area contributed by atoms with Crippen LogP contribution in [0, 0.1) is 0 Å². The second-order valence-corrected chi connectivity index (χ2v) is 3.58. The van der Waals surface area contributed by atoms with Crippen LogP contribution in [-0.4, -0.2) is 21.2 Å². The lowest BCUT2D eigenvalue weighted by Gasteiger charge is -2.08. The first-order valence-corrected chi connectivity index (χ1v) is 5.07. The molecule has 0 aliphatic heterocycles. The van der Waals surface area contributed by atoms with Crippen LogP contribution < -0.4 is 5.32 Å². The number of rotatable bonds is 4. The number of carboxylic acid groups (broad SMARTS) is 1. The van der Waals surface area contributed by atoms with Crippen LogP contribution in [0.1, 0.15) is 16.2 Å². The lowest BCUT2D eigenvalue weighted by molar-refractivity contribution is 0.0698. The van der Waals surface area contributed by atoms with Crippen molar-refractivity contribution in [2.24, 2.45) is 0 Å². The number of halogens is 1. The first kappa shape index (κ1) is 11.4. The van der Waals surface area contributed by atoms with Gasteiger partial charge < -0.3 is 14.9 Å². The molecule has 88 valence electrons. The van der Waals surface area contributed by atoms with Crippen molar-refractivity contribution in [3.8, 4) is 0 Å². The van der Waals surface area contributed by atoms with Crippen molar-refractivity contribution in [1.82, 2.24) is 10.1 Å². The predicted octanol–water partition coefficient (Wildman–Crippen LogP) is 2.03. The molecule has 7 heteroatoms. The van der Waals surface area contributed by atoms with Crippen LogP contribution in [0.5, 0.6) is 0 Å². The lowest BCUT2D eigenvalue weighted by Crippen LogP contribution is -2.07. The van der Waals surface area contributed by atoms with Crippen LogP contribution in [0.3, 0.4) is 0 Å². The number of nitrogens with zero attached hydrogens (tertiary/aromatic N) is 2. The molecule has 0 aliphatic rings. The van der Waals surface area contributed by atoms with Crippen molar-refractivity contribution >= 4 is 23.3 Å². The largest absolute Gasteiger partial charge is 0.478 e. The smallest absolute Gasteiger partial charge is 0.339 e. The number of carboxylic acids is 1. The highest BCUT2D eigenvalue weighted by Crippen LogP contribution is 2.24. The number of hydrogen-bond acceptors (Lipinski definition) is 5. The Morgan fingerprint density at radius 3 is 3.00 bits per heavy atom. The Balaban J connectivity index is 2.21. The fourth-order valence-electron chi connectivity index (χ4n) is 1.33. The Kier molecular flexibility index (Phi) is 3.24. The van der Waals surface area contributed by atoms with Gasteiger partial charge in [0.2, 0.25) is 6.39 Å². The van der Waals surface area contributed by atoms with Gasteiger partial charge in [-0.3, -0.25) is 0 Å². The van der Waals surface area contributed by atoms with Gasteiger partial charge in [-0.05, 0) is 12.1 Å². The highest BCUT2D eigenvalue weighted by molar-refractivity contribution is 6.34. The predicted molar refractivity (Wildman–Crippen MR) is 60.0 cm³/mol. The van der Waals surface area contributed by atoms with Gasteiger partial charge in [0.1, 0.15) is 5.56 Å². The summed E-state index contributed by atoms with van der Waals surface area (Å²) in [4.78, 5) is 14.8. The summed E-state index contributed by atoms with van der Waals surface area (Å²) in [6.45, 7) is 0.261. The van der Waals surface area contributed by atoms with Gasteiger partial charge in [0.25, 0.3) is 0 Å². The monoisotopic (exact) mass is 253 g/mol. The van der Waals surface area contributed by atoms with Crippen molar-refractivity contribution < 1.29 is 14.4 Å². The Labute approximate surface area is 101 Å². The molecule has 0 atom stereocenters. The summed E-state index contributed by atoms with van der Waals surface area (Å²) in [6, 6.07) is 4.80. The minimum absolute atomic E-state index is 0.0256. The van der Waals surface area contributed by atoms with E-state index in [0.29, 0.717) is 11.5 Å². The molecule has 0 unspecified atom stereocenters. The highest BCUT2D eigenvalue weighted by atomic mass is 35.5. The Morgan fingerprint density at radius 1 is 1.53 bits per heavy atom. The standard InChI is InChI=1S/C10H8ClN3O3/c11-6-2-1-3-7(9(6)10(15)16)12-4-8-13-5-17-14-8/h1-3,5,12H,4H2,(H,15,16). The number of anilines is 1. The average molecular weight is 254 g/mol. The zero-order valence-corrected chi connectivity index (χ0v) is 9.31. The van der Waals surface area contributed by atoms with Gasteiger partial charge in [0.05, 0.1) is 17.3 Å². The molecule has 0 saturated heterocycles. The molecule has 0 bridgehead atoms. The van der Waals surface area contributed by atoms with Gasteiger partial charge in [0, 0.05) is 0 Å². The SMILES string of the molecule is O=C(O)c1c(Cl)cccc1NCc1ncon1. The van der Waals surface area contributed by atoms with E-state index in [1.807, 2.05) is 0 Å². The summed E-state index contributed by atoms with van der Waals surface area (Å²) in [5.41, 5.74) is 0.437. The molecule has 2 rings (SSSR count). The number of aromatic carboxylic acids is 1. The normalized spacial score (nSPS) is 10.2. The van der Waals surface area contributed by atoms with Crippen LogP contribution in [0.15, 0.2) is 29.1 Å². The molecular formula is C10H8ClN3O3. The zero-order valence-electron chi connectivity index (χ0n) is 8.55. The maximum atomic E-state index is 11.0. The van der Waals surface area contributed by atoms with Crippen LogP contribution in [0.4, 0.5) is 5.69 Å². The third-order valence-electron chi connectivity index (χ3n) is 2.07. The van der Waals surface area contributed by atoms with Gasteiger partial charge in [-0.15, -0.1) is 0 Å². The Hall–Kier alpha value is -2.08. The zero-order chi connectivity index (χ0) is 12.3. The van der Waals surface area contributed by atoms with Gasteiger partial charge in [0.15, 0.2) is 5.82 Å². The quantitative estimate of drug-likeness (QED) is 0.867. The van der Waals surface area contributed by atoms with E-state index >= 15 is 0 Å². The van der Waals surface area contributed by atoms with E-state index in [-0.39, 0.29) is 17.1 Å². The van der Waals surface area contributed by atoms with Crippen LogP contribution in [0.25, 0.3) is 0 Å². The van der Waals surface area contributed by atoms with Crippen molar-refractivity contribution in [1.29, 1.82) is 0 Å². The molecule has 0 fully saturated rings. The molecule has 17 heavy (non-hydrogen) atoms. The van der Waals surface area contributed by atoms with Crippen LogP contribution in [0.2, 0.25) is 5.02 Å². The maximum absolute atomic E-state index is 11.0. The van der Waals surface area contributed by atoms with E-state index < -0.39 is 5.97 Å². The summed E-state index contributed by atoms with van der Waals surface area (Å²) in [7, 11) is 0. The first-order valence-electron chi connectivity index (χ1n) is 4.69. The van der Waals surface area contributed by atoms with Crippen molar-refractivity contribution in [2.75, 3.05) is 5.32 Å². The van der Waals surface area contributed by atoms with Crippen LogP contribution in [-0.2, 0) is 6.54 Å². The van der Waals surface area contributed by atoms with Gasteiger partial charge in [-0.1, -0.05) is 22.8 Å². The molecule has 6 nitrogen and oxygen atoms in total. The number of benzene rings is 1. The molecule has 2 N–H and O–H groups in total. The summed E-state index contributed by atoms with van der Waals surface area (Å²) in [5, 5.41) is 15.7. The molecule has 0 spiro atoms. The van der Waals surface area contributed by atoms with E-state index in [0.717, 1.165) is 0 Å². The Morgan fingerprint density at radius 2 is 2.35 bits per heavy atom. The average Bonchev–Trinajstić information content (AvgIpc) is 2.78. The van der Waals surface area contributed by atoms with Crippen molar-refractivity contribution in [3.05, 3.63) is 41.0 Å². The molecule has 0 aliphatic carbocycles. The second-order valence-electron chi connectivity index (χ2n) is 3.17. The topological polar surface area (TPSA) is 88.2 Å². The molecule has 0 radical (unpaired) electrons. The highest BCUT2D eigenvalue weighted by Gasteiger charge is 2.14. The van der Waals surface area contributed by atoms with E-state index in [4.69, 9.17) is 16.7 Å². The molecule has 1 aromatic heterocycles.